The fourth-order valence-corrected chi connectivity index (χ4v) is 6.25. The maximum Gasteiger partial charge on any atom is 0.262 e. The Morgan fingerprint density at radius 2 is 1.88 bits per heavy atom. The van der Waals surface area contributed by atoms with E-state index in [4.69, 9.17) is 0 Å². The molecule has 0 aliphatic rings. The van der Waals surface area contributed by atoms with Crippen LogP contribution in [0.5, 0.6) is 0 Å². The van der Waals surface area contributed by atoms with E-state index in [0.29, 0.717) is 21.7 Å². The van der Waals surface area contributed by atoms with Crippen molar-refractivity contribution in [1.82, 2.24) is 24.5 Å². The second kappa shape index (κ2) is 9.98. The first-order chi connectivity index (χ1) is 19.6. The Morgan fingerprint density at radius 3 is 2.63 bits per heavy atom. The number of hydrogen-bond acceptors (Lipinski definition) is 7. The lowest BCUT2D eigenvalue weighted by molar-refractivity contribution is 0.103. The molecule has 9 nitrogen and oxygen atoms in total. The molecule has 0 atom stereocenters. The van der Waals surface area contributed by atoms with Crippen LogP contribution in [0.1, 0.15) is 21.7 Å². The number of fused-ring (bicyclic) bond motifs is 1. The van der Waals surface area contributed by atoms with Crippen molar-refractivity contribution in [3.05, 3.63) is 108 Å². The number of pyridine rings is 1. The van der Waals surface area contributed by atoms with Crippen LogP contribution in [0.15, 0.2) is 78.3 Å². The lowest BCUT2D eigenvalue weighted by Gasteiger charge is -2.12. The molecular weight excluding hydrogens is 577 g/mol. The van der Waals surface area contributed by atoms with Crippen molar-refractivity contribution in [2.45, 2.75) is 11.8 Å². The third-order valence-corrected chi connectivity index (χ3v) is 8.66. The fraction of sp³-hybridized carbons (Fsp3) is 0.0370. The normalized spacial score (nSPS) is 11.7. The number of nitrogens with zero attached hydrogens (tertiary/aromatic N) is 4. The number of halogens is 3. The van der Waals surface area contributed by atoms with Crippen LogP contribution in [0, 0.1) is 24.4 Å². The molecule has 0 aliphatic heterocycles. The molecule has 0 bridgehead atoms. The monoisotopic (exact) mass is 594 g/mol. The van der Waals surface area contributed by atoms with Gasteiger partial charge in [-0.15, -0.1) is 0 Å². The summed E-state index contributed by atoms with van der Waals surface area (Å²) in [6.07, 6.45) is 7.93. The van der Waals surface area contributed by atoms with Crippen LogP contribution >= 0.6 is 11.3 Å². The maximum atomic E-state index is 15.5. The van der Waals surface area contributed by atoms with Crippen LogP contribution in [0.2, 0.25) is 0 Å². The summed E-state index contributed by atoms with van der Waals surface area (Å²) in [4.78, 5) is 29.5. The van der Waals surface area contributed by atoms with Crippen molar-refractivity contribution >= 4 is 43.9 Å². The summed E-state index contributed by atoms with van der Waals surface area (Å²) < 4.78 is 73.1. The average molecular weight is 595 g/mol. The molecule has 2 N–H and O–H groups in total. The highest BCUT2D eigenvalue weighted by molar-refractivity contribution is 7.92. The molecule has 0 radical (unpaired) electrons. The number of carbonyl (C=O) groups excluding carboxylic acids is 1. The lowest BCUT2D eigenvalue weighted by Crippen LogP contribution is -2.16. The average Bonchev–Trinajstić information content (AvgIpc) is 3.69. The van der Waals surface area contributed by atoms with Crippen molar-refractivity contribution in [3.8, 4) is 15.6 Å². The molecule has 4 aromatic heterocycles. The number of benzene rings is 2. The number of carbonyl (C=O) groups is 1. The Balaban J connectivity index is 1.36. The SMILES string of the molecule is Cc1nccn1-c1ncc(-c2cnc3[nH]cc(C(=O)c4c(F)ccc(NS(=O)(=O)c5cccc(F)c5)c4F)c3c2)s1. The largest absolute Gasteiger partial charge is 0.345 e. The number of sulfonamides is 1. The van der Waals surface area contributed by atoms with Crippen LogP contribution in [-0.4, -0.2) is 38.7 Å². The van der Waals surface area contributed by atoms with Gasteiger partial charge in [-0.1, -0.05) is 17.4 Å². The van der Waals surface area contributed by atoms with Crippen LogP contribution < -0.4 is 4.72 Å². The summed E-state index contributed by atoms with van der Waals surface area (Å²) in [6.45, 7) is 1.84. The molecule has 6 aromatic rings. The zero-order valence-electron chi connectivity index (χ0n) is 20.9. The van der Waals surface area contributed by atoms with Gasteiger partial charge < -0.3 is 4.98 Å². The first kappa shape index (κ1) is 26.4. The number of hydrogen-bond donors (Lipinski definition) is 2. The van der Waals surface area contributed by atoms with Gasteiger partial charge in [0, 0.05) is 47.5 Å². The number of thiazole rings is 1. The summed E-state index contributed by atoms with van der Waals surface area (Å²) in [5, 5.41) is 0.966. The number of H-pyrrole nitrogens is 1. The summed E-state index contributed by atoms with van der Waals surface area (Å²) in [7, 11) is -4.45. The molecule has 0 aliphatic carbocycles. The molecule has 4 heterocycles. The molecular formula is C27H17F3N6O3S2. The Hall–Kier alpha value is -4.82. The van der Waals surface area contributed by atoms with Crippen molar-refractivity contribution in [2.24, 2.45) is 0 Å². The Bertz CT molecular complexity index is 2090. The Kier molecular flexibility index (Phi) is 6.43. The molecule has 0 saturated heterocycles. The summed E-state index contributed by atoms with van der Waals surface area (Å²) in [5.74, 6) is -3.71. The number of imidazole rings is 1. The van der Waals surface area contributed by atoms with E-state index < -0.39 is 49.4 Å². The number of aromatic amines is 1. The fourth-order valence-electron chi connectivity index (χ4n) is 4.23. The first-order valence-corrected chi connectivity index (χ1v) is 14.2. The van der Waals surface area contributed by atoms with Crippen LogP contribution in [0.3, 0.4) is 0 Å². The van der Waals surface area contributed by atoms with E-state index in [2.05, 4.69) is 19.9 Å². The summed E-state index contributed by atoms with van der Waals surface area (Å²) >= 11 is 1.36. The number of aryl methyl sites for hydroxylation is 1. The molecule has 0 unspecified atom stereocenters. The lowest BCUT2D eigenvalue weighted by atomic mass is 10.0. The van der Waals surface area contributed by atoms with E-state index >= 15 is 4.39 Å². The Labute approximate surface area is 234 Å². The van der Waals surface area contributed by atoms with Crippen molar-refractivity contribution in [3.63, 3.8) is 0 Å². The predicted octanol–water partition coefficient (Wildman–Crippen LogP) is 5.63. The van der Waals surface area contributed by atoms with E-state index in [1.54, 1.807) is 30.9 Å². The molecule has 6 rings (SSSR count). The van der Waals surface area contributed by atoms with E-state index in [1.165, 1.54) is 23.6 Å². The maximum absolute atomic E-state index is 15.5. The molecule has 0 saturated carbocycles. The van der Waals surface area contributed by atoms with Gasteiger partial charge in [-0.25, -0.2) is 36.5 Å². The van der Waals surface area contributed by atoms with Crippen LogP contribution in [-0.2, 0) is 10.0 Å². The topological polar surface area (TPSA) is 123 Å². The van der Waals surface area contributed by atoms with Gasteiger partial charge in [0.2, 0.25) is 5.78 Å². The van der Waals surface area contributed by atoms with Gasteiger partial charge in [0.05, 0.1) is 21.0 Å². The van der Waals surface area contributed by atoms with E-state index in [9.17, 15) is 22.0 Å². The number of ketones is 1. The molecule has 2 aromatic carbocycles. The van der Waals surface area contributed by atoms with Gasteiger partial charge in [0.1, 0.15) is 23.1 Å². The van der Waals surface area contributed by atoms with E-state index in [-0.39, 0.29) is 5.56 Å². The smallest absolute Gasteiger partial charge is 0.262 e. The standard InChI is InChI=1S/C27H17F3N6O3S2/c1-14-31-7-8-36(14)27-34-13-22(40-27)15-9-18-19(12-33-26(18)32-11-15)25(37)23-20(29)5-6-21(24(23)30)35-41(38,39)17-4-2-3-16(28)10-17/h2-13,35H,1H3,(H,32,33). The van der Waals surface area contributed by atoms with Crippen LogP contribution in [0.4, 0.5) is 18.9 Å². The second-order valence-corrected chi connectivity index (χ2v) is 11.5. The van der Waals surface area contributed by atoms with E-state index in [0.717, 1.165) is 41.0 Å². The number of rotatable bonds is 7. The third kappa shape index (κ3) is 4.76. The molecule has 14 heteroatoms. The molecule has 41 heavy (non-hydrogen) atoms. The summed E-state index contributed by atoms with van der Waals surface area (Å²) in [6, 6.07) is 7.34. The first-order valence-electron chi connectivity index (χ1n) is 11.9. The highest BCUT2D eigenvalue weighted by Crippen LogP contribution is 2.33. The minimum absolute atomic E-state index is 0.0764. The van der Waals surface area contributed by atoms with Gasteiger partial charge >= 0.3 is 0 Å². The minimum Gasteiger partial charge on any atom is -0.345 e. The molecule has 0 amide bonds. The summed E-state index contributed by atoms with van der Waals surface area (Å²) in [5.41, 5.74) is -0.801. The Morgan fingerprint density at radius 1 is 1.05 bits per heavy atom. The number of aromatic nitrogens is 5. The van der Waals surface area contributed by atoms with Gasteiger partial charge in [0.25, 0.3) is 10.0 Å². The molecule has 0 spiro atoms. The zero-order chi connectivity index (χ0) is 28.9. The number of nitrogens with one attached hydrogen (secondary N) is 2. The minimum atomic E-state index is -4.45. The third-order valence-electron chi connectivity index (χ3n) is 6.25. The van der Waals surface area contributed by atoms with Gasteiger partial charge in [0.15, 0.2) is 10.9 Å². The van der Waals surface area contributed by atoms with Gasteiger partial charge in [-0.2, -0.15) is 0 Å². The highest BCUT2D eigenvalue weighted by atomic mass is 32.2. The highest BCUT2D eigenvalue weighted by Gasteiger charge is 2.27. The van der Waals surface area contributed by atoms with Crippen molar-refractivity contribution < 1.29 is 26.4 Å². The quantitative estimate of drug-likeness (QED) is 0.231. The van der Waals surface area contributed by atoms with Crippen molar-refractivity contribution in [2.75, 3.05) is 4.72 Å². The molecule has 0 fully saturated rings. The number of anilines is 1. The second-order valence-electron chi connectivity index (χ2n) is 8.85. The van der Waals surface area contributed by atoms with Crippen LogP contribution in [0.25, 0.3) is 26.6 Å². The van der Waals surface area contributed by atoms with Gasteiger partial charge in [-0.3, -0.25) is 14.1 Å². The van der Waals surface area contributed by atoms with E-state index in [1.807, 2.05) is 16.2 Å². The zero-order valence-corrected chi connectivity index (χ0v) is 22.5. The molecule has 206 valence electrons. The van der Waals surface area contributed by atoms with Crippen molar-refractivity contribution in [1.29, 1.82) is 0 Å². The predicted molar refractivity (Wildman–Crippen MR) is 146 cm³/mol. The van der Waals surface area contributed by atoms with Gasteiger partial charge in [-0.05, 0) is 43.3 Å².